The zero-order valence-corrected chi connectivity index (χ0v) is 19.4. The minimum absolute atomic E-state index is 0.0137. The van der Waals surface area contributed by atoms with E-state index in [1.54, 1.807) is 25.5 Å². The number of nitrogens with zero attached hydrogens (tertiary/aromatic N) is 5. The number of nitrogens with two attached hydrogens (primary N) is 1. The van der Waals surface area contributed by atoms with Crippen molar-refractivity contribution in [3.63, 3.8) is 0 Å². The van der Waals surface area contributed by atoms with Gasteiger partial charge in [-0.15, -0.1) is 5.10 Å². The molecule has 1 fully saturated rings. The summed E-state index contributed by atoms with van der Waals surface area (Å²) in [6.45, 7) is 1.73. The van der Waals surface area contributed by atoms with E-state index in [0.29, 0.717) is 11.2 Å². The summed E-state index contributed by atoms with van der Waals surface area (Å²) in [5, 5.41) is 7.05. The Morgan fingerprint density at radius 2 is 2.03 bits per heavy atom. The SMILES string of the molecule is Cn1ccc(Oc2n[nH]c3nc(N4CCC5(CC4)Cc4ccccc4[C@H]5N)cnc23)c(Cl)c1=O. The Labute approximate surface area is 200 Å². The number of benzene rings is 1. The number of anilines is 1. The number of aromatic amines is 1. The van der Waals surface area contributed by atoms with Crippen molar-refractivity contribution in [1.82, 2.24) is 24.7 Å². The first-order valence-corrected chi connectivity index (χ1v) is 11.7. The maximum Gasteiger partial charge on any atom is 0.272 e. The fourth-order valence-electron chi connectivity index (χ4n) is 5.24. The number of piperidine rings is 1. The van der Waals surface area contributed by atoms with Crippen LogP contribution in [0, 0.1) is 5.41 Å². The van der Waals surface area contributed by atoms with E-state index in [4.69, 9.17) is 27.1 Å². The molecule has 4 aromatic rings. The van der Waals surface area contributed by atoms with Gasteiger partial charge in [0.15, 0.2) is 16.9 Å². The first-order chi connectivity index (χ1) is 16.4. The van der Waals surface area contributed by atoms with Crippen LogP contribution in [-0.4, -0.2) is 37.8 Å². The Hall–Kier alpha value is -3.43. The summed E-state index contributed by atoms with van der Waals surface area (Å²) in [4.78, 5) is 23.6. The summed E-state index contributed by atoms with van der Waals surface area (Å²) in [6, 6.07) is 10.2. The number of hydrogen-bond acceptors (Lipinski definition) is 7. The van der Waals surface area contributed by atoms with Crippen LogP contribution in [0.25, 0.3) is 11.2 Å². The third kappa shape index (κ3) is 3.26. The number of H-pyrrole nitrogens is 1. The number of rotatable bonds is 3. The zero-order valence-electron chi connectivity index (χ0n) is 18.7. The lowest BCUT2D eigenvalue weighted by molar-refractivity contribution is 0.187. The molecule has 0 amide bonds. The van der Waals surface area contributed by atoms with Crippen LogP contribution in [0.15, 0.2) is 47.5 Å². The molecule has 3 N–H and O–H groups in total. The van der Waals surface area contributed by atoms with Crippen molar-refractivity contribution in [3.8, 4) is 11.6 Å². The van der Waals surface area contributed by atoms with Crippen molar-refractivity contribution in [2.24, 2.45) is 18.2 Å². The quantitative estimate of drug-likeness (QED) is 0.465. The van der Waals surface area contributed by atoms with Crippen LogP contribution in [0.5, 0.6) is 11.6 Å². The maximum atomic E-state index is 12.1. The van der Waals surface area contributed by atoms with Crippen LogP contribution in [-0.2, 0) is 13.5 Å². The fraction of sp³-hybridized carbons (Fsp3) is 0.333. The van der Waals surface area contributed by atoms with Crippen molar-refractivity contribution >= 4 is 28.6 Å². The van der Waals surface area contributed by atoms with E-state index in [9.17, 15) is 4.79 Å². The standard InChI is InChI=1S/C24H24ClN7O2/c1-31-9-6-16(18(25)23(31)33)34-22-19-21(29-30-22)28-17(13-27-19)32-10-7-24(8-11-32)12-14-4-2-3-5-15(14)20(24)26/h2-6,9,13,20H,7-8,10-12,26H2,1H3,(H,28,29,30)/t20-/m1/s1. The molecule has 1 aliphatic heterocycles. The first kappa shape index (κ1) is 21.1. The lowest BCUT2D eigenvalue weighted by Crippen LogP contribution is -2.44. The fourth-order valence-corrected chi connectivity index (χ4v) is 5.48. The normalized spacial score (nSPS) is 19.0. The van der Waals surface area contributed by atoms with Gasteiger partial charge < -0.3 is 19.9 Å². The molecule has 1 atom stereocenters. The molecule has 1 saturated heterocycles. The van der Waals surface area contributed by atoms with Crippen molar-refractivity contribution in [2.45, 2.75) is 25.3 Å². The molecule has 2 aliphatic rings. The summed E-state index contributed by atoms with van der Waals surface area (Å²) < 4.78 is 7.15. The maximum absolute atomic E-state index is 12.1. The lowest BCUT2D eigenvalue weighted by Gasteiger charge is -2.42. The van der Waals surface area contributed by atoms with Gasteiger partial charge in [0.2, 0.25) is 0 Å². The molecule has 1 spiro atoms. The summed E-state index contributed by atoms with van der Waals surface area (Å²) >= 11 is 6.14. The number of nitrogens with one attached hydrogen (secondary N) is 1. The molecule has 1 aliphatic carbocycles. The highest BCUT2D eigenvalue weighted by atomic mass is 35.5. The monoisotopic (exact) mass is 477 g/mol. The van der Waals surface area contributed by atoms with Gasteiger partial charge >= 0.3 is 0 Å². The molecular weight excluding hydrogens is 454 g/mol. The van der Waals surface area contributed by atoms with Gasteiger partial charge in [0.1, 0.15) is 10.8 Å². The van der Waals surface area contributed by atoms with E-state index >= 15 is 0 Å². The van der Waals surface area contributed by atoms with Crippen molar-refractivity contribution in [2.75, 3.05) is 18.0 Å². The summed E-state index contributed by atoms with van der Waals surface area (Å²) in [5.41, 5.74) is 10.1. The van der Waals surface area contributed by atoms with Crippen LogP contribution in [0.2, 0.25) is 5.02 Å². The van der Waals surface area contributed by atoms with Crippen molar-refractivity contribution in [3.05, 3.63) is 69.2 Å². The van der Waals surface area contributed by atoms with E-state index in [0.717, 1.165) is 38.2 Å². The Morgan fingerprint density at radius 3 is 2.82 bits per heavy atom. The minimum atomic E-state index is -0.347. The topological polar surface area (TPSA) is 115 Å². The number of ether oxygens (including phenoxy) is 1. The number of aryl methyl sites for hydroxylation is 1. The number of halogens is 1. The second kappa shape index (κ2) is 7.82. The largest absolute Gasteiger partial charge is 0.434 e. The van der Waals surface area contributed by atoms with Gasteiger partial charge in [-0.3, -0.25) is 9.89 Å². The molecule has 10 heteroatoms. The zero-order chi connectivity index (χ0) is 23.4. The Morgan fingerprint density at radius 1 is 1.24 bits per heavy atom. The Kier molecular flexibility index (Phi) is 4.86. The Balaban J connectivity index is 1.20. The average Bonchev–Trinajstić information content (AvgIpc) is 3.38. The molecule has 0 bridgehead atoms. The van der Waals surface area contributed by atoms with Crippen LogP contribution in [0.4, 0.5) is 5.82 Å². The molecule has 4 heterocycles. The van der Waals surface area contributed by atoms with Gasteiger partial charge in [-0.1, -0.05) is 35.9 Å². The van der Waals surface area contributed by atoms with E-state index in [2.05, 4.69) is 44.3 Å². The molecule has 6 rings (SSSR count). The summed E-state index contributed by atoms with van der Waals surface area (Å²) in [5.74, 6) is 1.23. The third-order valence-electron chi connectivity index (χ3n) is 7.28. The molecule has 1 aromatic carbocycles. The van der Waals surface area contributed by atoms with Crippen LogP contribution in [0.1, 0.15) is 30.0 Å². The van der Waals surface area contributed by atoms with Crippen LogP contribution >= 0.6 is 11.6 Å². The summed E-state index contributed by atoms with van der Waals surface area (Å²) in [6.07, 6.45) is 6.36. The molecule has 174 valence electrons. The highest BCUT2D eigenvalue weighted by Gasteiger charge is 2.45. The predicted octanol–water partition coefficient (Wildman–Crippen LogP) is 3.34. The van der Waals surface area contributed by atoms with Crippen molar-refractivity contribution in [1.29, 1.82) is 0 Å². The van der Waals surface area contributed by atoms with Gasteiger partial charge in [-0.25, -0.2) is 9.97 Å². The molecule has 0 radical (unpaired) electrons. The van der Waals surface area contributed by atoms with Crippen LogP contribution in [0.3, 0.4) is 0 Å². The van der Waals surface area contributed by atoms with Gasteiger partial charge in [0.25, 0.3) is 11.4 Å². The molecule has 3 aromatic heterocycles. The van der Waals surface area contributed by atoms with Crippen LogP contribution < -0.4 is 20.9 Å². The highest BCUT2D eigenvalue weighted by molar-refractivity contribution is 6.31. The average molecular weight is 478 g/mol. The summed E-state index contributed by atoms with van der Waals surface area (Å²) in [7, 11) is 1.62. The second-order valence-electron chi connectivity index (χ2n) is 9.17. The van der Waals surface area contributed by atoms with Gasteiger partial charge in [0, 0.05) is 32.4 Å². The van der Waals surface area contributed by atoms with E-state index in [1.165, 1.54) is 15.7 Å². The Bertz CT molecular complexity index is 1460. The molecule has 9 nitrogen and oxygen atoms in total. The van der Waals surface area contributed by atoms with Crippen molar-refractivity contribution < 1.29 is 4.74 Å². The van der Waals surface area contributed by atoms with Gasteiger partial charge in [0.05, 0.1) is 6.20 Å². The van der Waals surface area contributed by atoms with Gasteiger partial charge in [-0.2, -0.15) is 0 Å². The number of fused-ring (bicyclic) bond motifs is 2. The van der Waals surface area contributed by atoms with E-state index in [-0.39, 0.29) is 33.7 Å². The van der Waals surface area contributed by atoms with E-state index in [1.807, 2.05) is 0 Å². The molecule has 34 heavy (non-hydrogen) atoms. The van der Waals surface area contributed by atoms with E-state index < -0.39 is 0 Å². The van der Waals surface area contributed by atoms with Gasteiger partial charge in [-0.05, 0) is 41.9 Å². The first-order valence-electron chi connectivity index (χ1n) is 11.3. The molecular formula is C24H24ClN7O2. The minimum Gasteiger partial charge on any atom is -0.434 e. The number of pyridine rings is 1. The predicted molar refractivity (Wildman–Crippen MR) is 129 cm³/mol. The number of hydrogen-bond donors (Lipinski definition) is 2. The highest BCUT2D eigenvalue weighted by Crippen LogP contribution is 2.50. The smallest absolute Gasteiger partial charge is 0.272 e. The number of aromatic nitrogens is 5. The third-order valence-corrected chi connectivity index (χ3v) is 7.63. The molecule has 0 unspecified atom stereocenters. The molecule has 0 saturated carbocycles. The lowest BCUT2D eigenvalue weighted by atomic mass is 9.73. The second-order valence-corrected chi connectivity index (χ2v) is 9.55.